The molecule has 2 aromatic carbocycles. The number of nitrogens with zero attached hydrogens (tertiary/aromatic N) is 1. The molecule has 2 unspecified atom stereocenters. The molecule has 1 aliphatic heterocycles. The van der Waals surface area contributed by atoms with Crippen molar-refractivity contribution in [1.29, 1.82) is 0 Å². The minimum absolute atomic E-state index is 0.0227. The maximum absolute atomic E-state index is 12.7. The van der Waals surface area contributed by atoms with E-state index in [-0.39, 0.29) is 23.7 Å². The molecule has 0 spiro atoms. The quantitative estimate of drug-likeness (QED) is 0.649. The molecule has 0 bridgehead atoms. The van der Waals surface area contributed by atoms with Gasteiger partial charge in [0.2, 0.25) is 11.8 Å². The van der Waals surface area contributed by atoms with Crippen LogP contribution >= 0.6 is 11.8 Å². The fourth-order valence-electron chi connectivity index (χ4n) is 3.52. The number of anilines is 1. The van der Waals surface area contributed by atoms with Crippen LogP contribution in [0.1, 0.15) is 25.3 Å². The standard InChI is InChI=1S/C23H29N3O2S/c1-17(16-29-20-10-3-2-4-11-20)23(28)25-21-12-6-5-8-18(21)14-26-13-7-9-19(15-26)22(24)27/h2-6,8,10-12,17,19H,7,9,13-16H2,1H3,(H2,24,27)(H,25,28). The maximum Gasteiger partial charge on any atom is 0.228 e. The smallest absolute Gasteiger partial charge is 0.228 e. The topological polar surface area (TPSA) is 75.4 Å². The first-order chi connectivity index (χ1) is 14.0. The number of nitrogens with two attached hydrogens (primary N) is 1. The second-order valence-electron chi connectivity index (χ2n) is 7.65. The third kappa shape index (κ3) is 6.34. The fraction of sp³-hybridized carbons (Fsp3) is 0.391. The largest absolute Gasteiger partial charge is 0.369 e. The molecule has 154 valence electrons. The highest BCUT2D eigenvalue weighted by Gasteiger charge is 2.24. The van der Waals surface area contributed by atoms with Crippen molar-refractivity contribution in [2.24, 2.45) is 17.6 Å². The van der Waals surface area contributed by atoms with E-state index in [0.29, 0.717) is 13.1 Å². The summed E-state index contributed by atoms with van der Waals surface area (Å²) < 4.78 is 0. The number of benzene rings is 2. The van der Waals surface area contributed by atoms with Crippen molar-refractivity contribution >= 4 is 29.3 Å². The molecule has 29 heavy (non-hydrogen) atoms. The Balaban J connectivity index is 1.58. The van der Waals surface area contributed by atoms with Crippen molar-refractivity contribution in [3.05, 3.63) is 60.2 Å². The molecule has 2 aromatic rings. The first-order valence-corrected chi connectivity index (χ1v) is 11.1. The molecule has 0 aromatic heterocycles. The molecular weight excluding hydrogens is 382 g/mol. The van der Waals surface area contributed by atoms with Gasteiger partial charge >= 0.3 is 0 Å². The van der Waals surface area contributed by atoms with Gasteiger partial charge in [0, 0.05) is 35.3 Å². The zero-order valence-electron chi connectivity index (χ0n) is 16.8. The lowest BCUT2D eigenvalue weighted by Crippen LogP contribution is -2.40. The number of hydrogen-bond donors (Lipinski definition) is 2. The van der Waals surface area contributed by atoms with E-state index in [1.807, 2.05) is 49.4 Å². The second-order valence-corrected chi connectivity index (χ2v) is 8.74. The molecule has 0 aliphatic carbocycles. The van der Waals surface area contributed by atoms with Gasteiger partial charge in [0.25, 0.3) is 0 Å². The van der Waals surface area contributed by atoms with Crippen LogP contribution in [-0.2, 0) is 16.1 Å². The third-order valence-corrected chi connectivity index (χ3v) is 6.54. The molecule has 3 rings (SSSR count). The van der Waals surface area contributed by atoms with Gasteiger partial charge in [0.1, 0.15) is 0 Å². The predicted molar refractivity (Wildman–Crippen MR) is 119 cm³/mol. The maximum atomic E-state index is 12.7. The lowest BCUT2D eigenvalue weighted by Gasteiger charge is -2.31. The first kappa shape index (κ1) is 21.4. The van der Waals surface area contributed by atoms with Crippen molar-refractivity contribution in [3.8, 4) is 0 Å². The summed E-state index contributed by atoms with van der Waals surface area (Å²) in [6.45, 7) is 4.28. The Morgan fingerprint density at radius 3 is 2.66 bits per heavy atom. The molecule has 0 saturated carbocycles. The van der Waals surface area contributed by atoms with Crippen LogP contribution < -0.4 is 11.1 Å². The van der Waals surface area contributed by atoms with Crippen molar-refractivity contribution < 1.29 is 9.59 Å². The molecule has 2 amide bonds. The monoisotopic (exact) mass is 411 g/mol. The van der Waals surface area contributed by atoms with Gasteiger partial charge in [-0.25, -0.2) is 0 Å². The summed E-state index contributed by atoms with van der Waals surface area (Å²) in [5.74, 6) is 0.336. The number of thioether (sulfide) groups is 1. The van der Waals surface area contributed by atoms with Crippen molar-refractivity contribution in [1.82, 2.24) is 4.90 Å². The van der Waals surface area contributed by atoms with Crippen LogP contribution in [0.5, 0.6) is 0 Å². The lowest BCUT2D eigenvalue weighted by molar-refractivity contribution is -0.123. The number of carbonyl (C=O) groups excluding carboxylic acids is 2. The molecule has 3 N–H and O–H groups in total. The summed E-state index contributed by atoms with van der Waals surface area (Å²) in [5, 5.41) is 3.10. The Hall–Kier alpha value is -2.31. The molecule has 1 saturated heterocycles. The fourth-order valence-corrected chi connectivity index (χ4v) is 4.47. The highest BCUT2D eigenvalue weighted by molar-refractivity contribution is 7.99. The molecule has 6 heteroatoms. The number of nitrogens with one attached hydrogen (secondary N) is 1. The summed E-state index contributed by atoms with van der Waals surface area (Å²) >= 11 is 1.69. The zero-order chi connectivity index (χ0) is 20.6. The normalized spacial score (nSPS) is 18.2. The van der Waals surface area contributed by atoms with Gasteiger partial charge in [-0.3, -0.25) is 14.5 Å². The van der Waals surface area contributed by atoms with Crippen LogP contribution in [0.25, 0.3) is 0 Å². The van der Waals surface area contributed by atoms with Gasteiger partial charge in [0.15, 0.2) is 0 Å². The van der Waals surface area contributed by atoms with Crippen LogP contribution in [0.4, 0.5) is 5.69 Å². The first-order valence-electron chi connectivity index (χ1n) is 10.1. The number of rotatable bonds is 8. The van der Waals surface area contributed by atoms with E-state index in [1.54, 1.807) is 11.8 Å². The van der Waals surface area contributed by atoms with E-state index >= 15 is 0 Å². The van der Waals surface area contributed by atoms with Crippen LogP contribution in [0.15, 0.2) is 59.5 Å². The van der Waals surface area contributed by atoms with Gasteiger partial charge in [-0.05, 0) is 43.1 Å². The number of piperidine rings is 1. The van der Waals surface area contributed by atoms with E-state index in [9.17, 15) is 9.59 Å². The zero-order valence-corrected chi connectivity index (χ0v) is 17.7. The van der Waals surface area contributed by atoms with Gasteiger partial charge in [-0.2, -0.15) is 0 Å². The van der Waals surface area contributed by atoms with Crippen LogP contribution in [0.2, 0.25) is 0 Å². The third-order valence-electron chi connectivity index (χ3n) is 5.27. The number of hydrogen-bond acceptors (Lipinski definition) is 4. The number of amides is 2. The number of likely N-dealkylation sites (tertiary alicyclic amines) is 1. The van der Waals surface area contributed by atoms with Crippen LogP contribution in [0.3, 0.4) is 0 Å². The summed E-state index contributed by atoms with van der Waals surface area (Å²) in [4.78, 5) is 27.7. The van der Waals surface area contributed by atoms with E-state index in [0.717, 1.165) is 36.4 Å². The Labute approximate surface area is 177 Å². The SMILES string of the molecule is CC(CSc1ccccc1)C(=O)Nc1ccccc1CN1CCCC(C(N)=O)C1. The molecule has 1 heterocycles. The van der Waals surface area contributed by atoms with Gasteiger partial charge < -0.3 is 11.1 Å². The highest BCUT2D eigenvalue weighted by Crippen LogP contribution is 2.24. The van der Waals surface area contributed by atoms with Crippen molar-refractivity contribution in [2.45, 2.75) is 31.2 Å². The van der Waals surface area contributed by atoms with Crippen molar-refractivity contribution in [2.75, 3.05) is 24.2 Å². The van der Waals surface area contributed by atoms with Crippen molar-refractivity contribution in [3.63, 3.8) is 0 Å². The highest BCUT2D eigenvalue weighted by atomic mass is 32.2. The average molecular weight is 412 g/mol. The summed E-state index contributed by atoms with van der Waals surface area (Å²) in [6, 6.07) is 18.0. The molecule has 0 radical (unpaired) electrons. The van der Waals surface area contributed by atoms with Gasteiger partial charge in [-0.1, -0.05) is 43.3 Å². The molecular formula is C23H29N3O2S. The average Bonchev–Trinajstić information content (AvgIpc) is 2.74. The predicted octanol–water partition coefficient (Wildman–Crippen LogP) is 3.75. The number of para-hydroxylation sites is 1. The van der Waals surface area contributed by atoms with E-state index < -0.39 is 0 Å². The number of primary amides is 1. The minimum Gasteiger partial charge on any atom is -0.369 e. The molecule has 2 atom stereocenters. The Morgan fingerprint density at radius 1 is 1.17 bits per heavy atom. The van der Waals surface area contributed by atoms with E-state index in [4.69, 9.17) is 5.73 Å². The molecule has 5 nitrogen and oxygen atoms in total. The van der Waals surface area contributed by atoms with E-state index in [2.05, 4.69) is 22.3 Å². The van der Waals surface area contributed by atoms with Crippen LogP contribution in [0, 0.1) is 11.8 Å². The minimum atomic E-state index is -0.221. The van der Waals surface area contributed by atoms with E-state index in [1.165, 1.54) is 4.90 Å². The Bertz CT molecular complexity index is 828. The Kier molecular flexibility index (Phi) is 7.72. The summed E-state index contributed by atoms with van der Waals surface area (Å²) in [7, 11) is 0. The van der Waals surface area contributed by atoms with Gasteiger partial charge in [0.05, 0.1) is 5.92 Å². The molecule has 1 fully saturated rings. The molecule has 1 aliphatic rings. The van der Waals surface area contributed by atoms with Gasteiger partial charge in [-0.15, -0.1) is 11.8 Å². The summed E-state index contributed by atoms with van der Waals surface area (Å²) in [5.41, 5.74) is 7.40. The lowest BCUT2D eigenvalue weighted by atomic mass is 9.97. The second kappa shape index (κ2) is 10.5. The summed E-state index contributed by atoms with van der Waals surface area (Å²) in [6.07, 6.45) is 1.83. The van der Waals surface area contributed by atoms with Crippen LogP contribution in [-0.4, -0.2) is 35.6 Å². The Morgan fingerprint density at radius 2 is 1.90 bits per heavy atom. The number of carbonyl (C=O) groups is 2.